The fraction of sp³-hybridized carbons (Fsp3) is 0. The van der Waals surface area contributed by atoms with Crippen LogP contribution >= 0.6 is 0 Å². The minimum atomic E-state index is 0.743. The SMILES string of the molecule is O=CC=Cc1cncc(-c2ccccn2)c1. The summed E-state index contributed by atoms with van der Waals surface area (Å²) in [5.74, 6) is 0. The van der Waals surface area contributed by atoms with Gasteiger partial charge in [-0.1, -0.05) is 12.1 Å². The molecule has 3 nitrogen and oxygen atoms in total. The Kier molecular flexibility index (Phi) is 3.18. The first kappa shape index (κ1) is 10.2. The van der Waals surface area contributed by atoms with Crippen molar-refractivity contribution >= 4 is 12.4 Å². The number of pyridine rings is 2. The molecule has 0 aliphatic carbocycles. The summed E-state index contributed by atoms with van der Waals surface area (Å²) < 4.78 is 0. The van der Waals surface area contributed by atoms with Crippen molar-refractivity contribution in [3.8, 4) is 11.3 Å². The summed E-state index contributed by atoms with van der Waals surface area (Å²) >= 11 is 0. The molecule has 0 aliphatic rings. The maximum atomic E-state index is 10.2. The molecule has 2 aromatic rings. The minimum absolute atomic E-state index is 0.743. The summed E-state index contributed by atoms with van der Waals surface area (Å²) in [6.45, 7) is 0. The summed E-state index contributed by atoms with van der Waals surface area (Å²) in [6, 6.07) is 7.66. The van der Waals surface area contributed by atoms with Crippen molar-refractivity contribution in [1.29, 1.82) is 0 Å². The number of aldehydes is 1. The minimum Gasteiger partial charge on any atom is -0.299 e. The van der Waals surface area contributed by atoms with E-state index in [1.807, 2.05) is 24.3 Å². The fourth-order valence-electron chi connectivity index (χ4n) is 1.37. The van der Waals surface area contributed by atoms with Gasteiger partial charge in [-0.3, -0.25) is 14.8 Å². The number of carbonyl (C=O) groups excluding carboxylic acids is 1. The van der Waals surface area contributed by atoms with Gasteiger partial charge < -0.3 is 0 Å². The lowest BCUT2D eigenvalue weighted by Crippen LogP contribution is -1.85. The number of hydrogen-bond donors (Lipinski definition) is 0. The molecule has 0 atom stereocenters. The summed E-state index contributed by atoms with van der Waals surface area (Å²) in [7, 11) is 0. The van der Waals surface area contributed by atoms with E-state index in [-0.39, 0.29) is 0 Å². The van der Waals surface area contributed by atoms with Crippen LogP contribution in [0.2, 0.25) is 0 Å². The van der Waals surface area contributed by atoms with Crippen LogP contribution in [-0.4, -0.2) is 16.3 Å². The van der Waals surface area contributed by atoms with Gasteiger partial charge in [-0.25, -0.2) is 0 Å². The molecule has 0 unspecified atom stereocenters. The highest BCUT2D eigenvalue weighted by Crippen LogP contribution is 2.16. The Morgan fingerprint density at radius 3 is 2.88 bits per heavy atom. The van der Waals surface area contributed by atoms with Crippen LogP contribution in [0.15, 0.2) is 48.9 Å². The highest BCUT2D eigenvalue weighted by molar-refractivity contribution is 5.74. The van der Waals surface area contributed by atoms with E-state index < -0.39 is 0 Å². The maximum Gasteiger partial charge on any atom is 0.142 e. The van der Waals surface area contributed by atoms with Crippen molar-refractivity contribution in [2.24, 2.45) is 0 Å². The van der Waals surface area contributed by atoms with E-state index in [1.54, 1.807) is 24.7 Å². The van der Waals surface area contributed by atoms with E-state index in [1.165, 1.54) is 6.08 Å². The molecular weight excluding hydrogens is 200 g/mol. The maximum absolute atomic E-state index is 10.2. The van der Waals surface area contributed by atoms with Crippen LogP contribution in [0.25, 0.3) is 17.3 Å². The molecular formula is C13H10N2O. The first-order valence-electron chi connectivity index (χ1n) is 4.88. The highest BCUT2D eigenvalue weighted by Gasteiger charge is 1.98. The van der Waals surface area contributed by atoms with E-state index in [4.69, 9.17) is 0 Å². The fourth-order valence-corrected chi connectivity index (χ4v) is 1.37. The molecule has 2 heterocycles. The smallest absolute Gasteiger partial charge is 0.142 e. The Labute approximate surface area is 93.5 Å². The average Bonchev–Trinajstić information content (AvgIpc) is 2.38. The Morgan fingerprint density at radius 1 is 1.19 bits per heavy atom. The Balaban J connectivity index is 2.36. The first-order chi connectivity index (χ1) is 7.90. The first-order valence-corrected chi connectivity index (χ1v) is 4.88. The van der Waals surface area contributed by atoms with Crippen molar-refractivity contribution in [3.05, 3.63) is 54.5 Å². The van der Waals surface area contributed by atoms with Crippen LogP contribution in [0.5, 0.6) is 0 Å². The van der Waals surface area contributed by atoms with Crippen molar-refractivity contribution in [2.45, 2.75) is 0 Å². The van der Waals surface area contributed by atoms with Crippen LogP contribution in [0.4, 0.5) is 0 Å². The van der Waals surface area contributed by atoms with E-state index in [0.29, 0.717) is 0 Å². The zero-order valence-corrected chi connectivity index (χ0v) is 8.58. The average molecular weight is 210 g/mol. The molecule has 16 heavy (non-hydrogen) atoms. The van der Waals surface area contributed by atoms with Gasteiger partial charge in [0.2, 0.25) is 0 Å². The monoisotopic (exact) mass is 210 g/mol. The third-order valence-corrected chi connectivity index (χ3v) is 2.09. The number of allylic oxidation sites excluding steroid dienone is 1. The number of aromatic nitrogens is 2. The summed E-state index contributed by atoms with van der Waals surface area (Å²) in [5.41, 5.74) is 2.69. The quantitative estimate of drug-likeness (QED) is 0.577. The van der Waals surface area contributed by atoms with Gasteiger partial charge in [-0.15, -0.1) is 0 Å². The molecule has 0 spiro atoms. The Hall–Kier alpha value is -2.29. The van der Waals surface area contributed by atoms with Crippen LogP contribution in [0.1, 0.15) is 5.56 Å². The lowest BCUT2D eigenvalue weighted by Gasteiger charge is -2.00. The number of nitrogens with zero attached hydrogens (tertiary/aromatic N) is 2. The molecule has 2 aromatic heterocycles. The molecule has 0 saturated carbocycles. The van der Waals surface area contributed by atoms with E-state index in [0.717, 1.165) is 23.1 Å². The van der Waals surface area contributed by atoms with Gasteiger partial charge in [0, 0.05) is 24.2 Å². The van der Waals surface area contributed by atoms with Gasteiger partial charge in [-0.05, 0) is 29.8 Å². The van der Waals surface area contributed by atoms with Crippen molar-refractivity contribution in [3.63, 3.8) is 0 Å². The van der Waals surface area contributed by atoms with Gasteiger partial charge in [-0.2, -0.15) is 0 Å². The lowest BCUT2D eigenvalue weighted by molar-refractivity contribution is -0.104. The highest BCUT2D eigenvalue weighted by atomic mass is 16.1. The third kappa shape index (κ3) is 2.39. The Bertz CT molecular complexity index is 506. The van der Waals surface area contributed by atoms with E-state index >= 15 is 0 Å². The second kappa shape index (κ2) is 4.98. The second-order valence-corrected chi connectivity index (χ2v) is 3.22. The van der Waals surface area contributed by atoms with Crippen molar-refractivity contribution < 1.29 is 4.79 Å². The predicted octanol–water partition coefficient (Wildman–Crippen LogP) is 2.36. The summed E-state index contributed by atoms with van der Waals surface area (Å²) in [4.78, 5) is 18.6. The molecule has 0 radical (unpaired) electrons. The molecule has 0 aromatic carbocycles. The number of hydrogen-bond acceptors (Lipinski definition) is 3. The predicted molar refractivity (Wildman–Crippen MR) is 62.6 cm³/mol. The van der Waals surface area contributed by atoms with Gasteiger partial charge >= 0.3 is 0 Å². The van der Waals surface area contributed by atoms with Gasteiger partial charge in [0.1, 0.15) is 6.29 Å². The zero-order valence-electron chi connectivity index (χ0n) is 8.58. The second-order valence-electron chi connectivity index (χ2n) is 3.22. The largest absolute Gasteiger partial charge is 0.299 e. The standard InChI is InChI=1S/C13H10N2O/c16-7-3-4-11-8-12(10-14-9-11)13-5-1-2-6-15-13/h1-10H. The molecule has 78 valence electrons. The van der Waals surface area contributed by atoms with Crippen LogP contribution < -0.4 is 0 Å². The molecule has 0 aliphatic heterocycles. The van der Waals surface area contributed by atoms with Gasteiger partial charge in [0.25, 0.3) is 0 Å². The molecule has 3 heteroatoms. The lowest BCUT2D eigenvalue weighted by atomic mass is 10.1. The van der Waals surface area contributed by atoms with Gasteiger partial charge in [0.05, 0.1) is 5.69 Å². The molecule has 0 amide bonds. The molecule has 0 N–H and O–H groups in total. The normalized spacial score (nSPS) is 10.5. The van der Waals surface area contributed by atoms with Crippen LogP contribution in [0.3, 0.4) is 0 Å². The van der Waals surface area contributed by atoms with Crippen molar-refractivity contribution in [1.82, 2.24) is 9.97 Å². The molecule has 0 fully saturated rings. The number of carbonyl (C=O) groups is 1. The van der Waals surface area contributed by atoms with Crippen LogP contribution in [0, 0.1) is 0 Å². The molecule has 2 rings (SSSR count). The van der Waals surface area contributed by atoms with Gasteiger partial charge in [0.15, 0.2) is 0 Å². The zero-order chi connectivity index (χ0) is 11.2. The Morgan fingerprint density at radius 2 is 2.12 bits per heavy atom. The molecule has 0 bridgehead atoms. The van der Waals surface area contributed by atoms with Crippen molar-refractivity contribution in [2.75, 3.05) is 0 Å². The summed E-state index contributed by atoms with van der Waals surface area (Å²) in [6.07, 6.45) is 9.09. The molecule has 0 saturated heterocycles. The van der Waals surface area contributed by atoms with E-state index in [2.05, 4.69) is 9.97 Å². The summed E-state index contributed by atoms with van der Waals surface area (Å²) in [5, 5.41) is 0. The van der Waals surface area contributed by atoms with Crippen LogP contribution in [-0.2, 0) is 4.79 Å². The number of rotatable bonds is 3. The van der Waals surface area contributed by atoms with E-state index in [9.17, 15) is 4.79 Å². The third-order valence-electron chi connectivity index (χ3n) is 2.09. The topological polar surface area (TPSA) is 42.9 Å².